The molecule has 0 unspecified atom stereocenters. The van der Waals surface area contributed by atoms with Gasteiger partial charge in [0.1, 0.15) is 5.82 Å². The van der Waals surface area contributed by atoms with Crippen molar-refractivity contribution in [3.05, 3.63) is 47.1 Å². The third kappa shape index (κ3) is 3.67. The Balaban J connectivity index is 1.85. The number of benzene rings is 1. The number of hydrazone groups is 1. The second kappa shape index (κ2) is 7.52. The van der Waals surface area contributed by atoms with E-state index in [0.29, 0.717) is 28.8 Å². The monoisotopic (exact) mass is 371 g/mol. The lowest BCUT2D eigenvalue weighted by Crippen LogP contribution is -2.26. The van der Waals surface area contributed by atoms with Gasteiger partial charge in [-0.2, -0.15) is 10.1 Å². The summed E-state index contributed by atoms with van der Waals surface area (Å²) < 4.78 is 0. The molecule has 1 aliphatic heterocycles. The predicted molar refractivity (Wildman–Crippen MR) is 97.9 cm³/mol. The standard InChI is InChI=1S/C17H17N5O3S/c1-3-14-18-17(20-19-14)26-13(16(24)25)9-12-10(2)21-22(15(12)23)11-7-5-4-6-8-11/h4-9,12H,3H2,1-2H3,(H,24,25)(H,18,19,20)/b13-9-/t12-/m1/s1. The molecule has 26 heavy (non-hydrogen) atoms. The first-order valence-electron chi connectivity index (χ1n) is 7.98. The highest BCUT2D eigenvalue weighted by Crippen LogP contribution is 2.29. The number of aliphatic carboxylic acids is 1. The zero-order valence-corrected chi connectivity index (χ0v) is 15.0. The van der Waals surface area contributed by atoms with Crippen molar-refractivity contribution >= 4 is 35.0 Å². The average Bonchev–Trinajstić information content (AvgIpc) is 3.20. The molecule has 1 amide bonds. The molecule has 0 bridgehead atoms. The molecular weight excluding hydrogens is 354 g/mol. The number of thioether (sulfide) groups is 1. The summed E-state index contributed by atoms with van der Waals surface area (Å²) in [7, 11) is 0. The number of anilines is 1. The van der Waals surface area contributed by atoms with Crippen LogP contribution in [0.3, 0.4) is 0 Å². The Hall–Kier alpha value is -2.94. The Kier molecular flexibility index (Phi) is 5.17. The van der Waals surface area contributed by atoms with Gasteiger partial charge >= 0.3 is 5.97 Å². The minimum Gasteiger partial charge on any atom is -0.477 e. The van der Waals surface area contributed by atoms with E-state index < -0.39 is 11.9 Å². The average molecular weight is 371 g/mol. The van der Waals surface area contributed by atoms with Crippen LogP contribution < -0.4 is 5.01 Å². The van der Waals surface area contributed by atoms with Crippen molar-refractivity contribution in [2.75, 3.05) is 5.01 Å². The number of aromatic amines is 1. The number of rotatable bonds is 6. The number of carboxylic acid groups (broad SMARTS) is 1. The molecule has 1 aromatic heterocycles. The summed E-state index contributed by atoms with van der Waals surface area (Å²) in [6.45, 7) is 3.62. The number of hydrogen-bond acceptors (Lipinski definition) is 6. The van der Waals surface area contributed by atoms with Crippen LogP contribution in [-0.4, -0.2) is 37.9 Å². The molecule has 0 spiro atoms. The van der Waals surface area contributed by atoms with Crippen LogP contribution in [0.1, 0.15) is 19.7 Å². The Labute approximate surface area is 154 Å². The number of aryl methyl sites for hydroxylation is 1. The largest absolute Gasteiger partial charge is 0.477 e. The highest BCUT2D eigenvalue weighted by molar-refractivity contribution is 8.03. The molecule has 9 heteroatoms. The van der Waals surface area contributed by atoms with Crippen molar-refractivity contribution in [3.63, 3.8) is 0 Å². The maximum absolute atomic E-state index is 12.7. The first-order valence-corrected chi connectivity index (χ1v) is 8.79. The molecule has 134 valence electrons. The number of carbonyl (C=O) groups excluding carboxylic acids is 1. The number of amides is 1. The Bertz CT molecular complexity index is 891. The van der Waals surface area contributed by atoms with E-state index in [1.54, 1.807) is 19.1 Å². The lowest BCUT2D eigenvalue weighted by atomic mass is 10.0. The smallest absolute Gasteiger partial charge is 0.342 e. The van der Waals surface area contributed by atoms with Crippen LogP contribution in [0.5, 0.6) is 0 Å². The fourth-order valence-electron chi connectivity index (χ4n) is 2.41. The zero-order chi connectivity index (χ0) is 18.7. The van der Waals surface area contributed by atoms with Crippen molar-refractivity contribution in [1.82, 2.24) is 15.2 Å². The number of para-hydroxylation sites is 1. The molecule has 2 heterocycles. The number of nitrogens with zero attached hydrogens (tertiary/aromatic N) is 4. The van der Waals surface area contributed by atoms with Crippen LogP contribution in [0.25, 0.3) is 0 Å². The Morgan fingerprint density at radius 1 is 1.38 bits per heavy atom. The number of aromatic nitrogens is 3. The van der Waals surface area contributed by atoms with Gasteiger partial charge in [-0.05, 0) is 36.9 Å². The second-order valence-corrected chi connectivity index (χ2v) is 6.57. The molecule has 2 aromatic rings. The molecule has 0 aliphatic carbocycles. The van der Waals surface area contributed by atoms with Gasteiger partial charge in [-0.3, -0.25) is 9.89 Å². The minimum absolute atomic E-state index is 0.0190. The van der Waals surface area contributed by atoms with Crippen LogP contribution >= 0.6 is 11.8 Å². The highest BCUT2D eigenvalue weighted by Gasteiger charge is 2.34. The van der Waals surface area contributed by atoms with Gasteiger partial charge in [0, 0.05) is 6.42 Å². The maximum atomic E-state index is 12.7. The van der Waals surface area contributed by atoms with Crippen LogP contribution in [0.4, 0.5) is 5.69 Å². The first-order chi connectivity index (χ1) is 12.5. The molecule has 0 saturated heterocycles. The molecular formula is C17H17N5O3S. The molecule has 0 radical (unpaired) electrons. The minimum atomic E-state index is -1.14. The topological polar surface area (TPSA) is 112 Å². The number of carbonyl (C=O) groups is 2. The van der Waals surface area contributed by atoms with Gasteiger partial charge in [0.15, 0.2) is 0 Å². The SMILES string of the molecule is CCc1nc(S/C(=C\[C@H]2C(=O)N(c3ccccc3)N=C2C)C(=O)O)n[nH]1. The van der Waals surface area contributed by atoms with Crippen molar-refractivity contribution in [2.24, 2.45) is 11.0 Å². The van der Waals surface area contributed by atoms with E-state index in [-0.39, 0.29) is 10.8 Å². The summed E-state index contributed by atoms with van der Waals surface area (Å²) >= 11 is 0.903. The van der Waals surface area contributed by atoms with Crippen LogP contribution in [-0.2, 0) is 16.0 Å². The van der Waals surface area contributed by atoms with E-state index >= 15 is 0 Å². The van der Waals surface area contributed by atoms with Gasteiger partial charge in [-0.15, -0.1) is 5.10 Å². The van der Waals surface area contributed by atoms with Gasteiger partial charge < -0.3 is 5.11 Å². The maximum Gasteiger partial charge on any atom is 0.342 e. The molecule has 1 atom stereocenters. The normalized spacial score (nSPS) is 17.5. The molecule has 3 rings (SSSR count). The second-order valence-electron chi connectivity index (χ2n) is 5.56. The van der Waals surface area contributed by atoms with E-state index in [1.165, 1.54) is 11.1 Å². The summed E-state index contributed by atoms with van der Waals surface area (Å²) in [6.07, 6.45) is 2.07. The van der Waals surface area contributed by atoms with E-state index in [0.717, 1.165) is 11.8 Å². The number of hydrogen-bond donors (Lipinski definition) is 2. The van der Waals surface area contributed by atoms with Crippen molar-refractivity contribution in [1.29, 1.82) is 0 Å². The molecule has 2 N–H and O–H groups in total. The van der Waals surface area contributed by atoms with E-state index in [4.69, 9.17) is 0 Å². The van der Waals surface area contributed by atoms with Crippen molar-refractivity contribution < 1.29 is 14.7 Å². The molecule has 1 aromatic carbocycles. The summed E-state index contributed by atoms with van der Waals surface area (Å²) in [5.74, 6) is -1.51. The van der Waals surface area contributed by atoms with E-state index in [9.17, 15) is 14.7 Å². The highest BCUT2D eigenvalue weighted by atomic mass is 32.2. The summed E-state index contributed by atoms with van der Waals surface area (Å²) in [6, 6.07) is 9.01. The molecule has 0 saturated carbocycles. The lowest BCUT2D eigenvalue weighted by molar-refractivity contribution is -0.131. The fraction of sp³-hybridized carbons (Fsp3) is 0.235. The van der Waals surface area contributed by atoms with Gasteiger partial charge in [0.05, 0.1) is 22.2 Å². The Morgan fingerprint density at radius 2 is 2.12 bits per heavy atom. The molecule has 8 nitrogen and oxygen atoms in total. The van der Waals surface area contributed by atoms with Crippen LogP contribution in [0.15, 0.2) is 51.6 Å². The third-order valence-corrected chi connectivity index (χ3v) is 4.66. The summed E-state index contributed by atoms with van der Waals surface area (Å²) in [5.41, 5.74) is 1.17. The van der Waals surface area contributed by atoms with Crippen molar-refractivity contribution in [2.45, 2.75) is 25.4 Å². The summed E-state index contributed by atoms with van der Waals surface area (Å²) in [5, 5.41) is 22.1. The van der Waals surface area contributed by atoms with Gasteiger partial charge in [0.25, 0.3) is 5.91 Å². The van der Waals surface area contributed by atoms with Gasteiger partial charge in [0.2, 0.25) is 5.16 Å². The molecule has 1 aliphatic rings. The van der Waals surface area contributed by atoms with Crippen LogP contribution in [0.2, 0.25) is 0 Å². The van der Waals surface area contributed by atoms with Gasteiger partial charge in [-0.25, -0.2) is 9.78 Å². The predicted octanol–water partition coefficient (Wildman–Crippen LogP) is 2.47. The van der Waals surface area contributed by atoms with E-state index in [1.807, 2.05) is 25.1 Å². The summed E-state index contributed by atoms with van der Waals surface area (Å²) in [4.78, 5) is 28.5. The number of H-pyrrole nitrogens is 1. The number of nitrogens with one attached hydrogen (secondary N) is 1. The number of carboxylic acids is 1. The third-order valence-electron chi connectivity index (χ3n) is 3.76. The van der Waals surface area contributed by atoms with Crippen molar-refractivity contribution in [3.8, 4) is 0 Å². The van der Waals surface area contributed by atoms with Crippen LogP contribution in [0, 0.1) is 5.92 Å². The first kappa shape index (κ1) is 17.9. The fourth-order valence-corrected chi connectivity index (χ4v) is 3.14. The van der Waals surface area contributed by atoms with Gasteiger partial charge in [-0.1, -0.05) is 25.1 Å². The Morgan fingerprint density at radius 3 is 2.73 bits per heavy atom. The lowest BCUT2D eigenvalue weighted by Gasteiger charge is -2.12. The van der Waals surface area contributed by atoms with E-state index in [2.05, 4.69) is 20.3 Å². The zero-order valence-electron chi connectivity index (χ0n) is 14.2. The molecule has 0 fully saturated rings. The quantitative estimate of drug-likeness (QED) is 0.596.